The fourth-order valence-electron chi connectivity index (χ4n) is 3.85. The molecule has 2 heterocycles. The van der Waals surface area contributed by atoms with Gasteiger partial charge in [0.2, 0.25) is 5.91 Å². The first-order valence-electron chi connectivity index (χ1n) is 10.6. The summed E-state index contributed by atoms with van der Waals surface area (Å²) in [4.78, 5) is 16.8. The fourth-order valence-corrected chi connectivity index (χ4v) is 3.85. The Kier molecular flexibility index (Phi) is 6.07. The molecule has 0 bridgehead atoms. The summed E-state index contributed by atoms with van der Waals surface area (Å²) in [6.07, 6.45) is 1.50. The van der Waals surface area contributed by atoms with Gasteiger partial charge in [-0.05, 0) is 36.6 Å². The summed E-state index contributed by atoms with van der Waals surface area (Å²) in [6, 6.07) is 20.7. The maximum absolute atomic E-state index is 12.6. The summed E-state index contributed by atoms with van der Waals surface area (Å²) in [7, 11) is 0. The van der Waals surface area contributed by atoms with Crippen LogP contribution in [0, 0.1) is 6.92 Å². The van der Waals surface area contributed by atoms with Crippen LogP contribution in [0.5, 0.6) is 0 Å². The van der Waals surface area contributed by atoms with Gasteiger partial charge in [0.05, 0.1) is 12.1 Å². The first-order chi connectivity index (χ1) is 14.6. The maximum Gasteiger partial charge on any atom is 0.227 e. The van der Waals surface area contributed by atoms with Gasteiger partial charge in [-0.3, -0.25) is 4.79 Å². The third kappa shape index (κ3) is 4.67. The normalized spacial score (nSPS) is 14.1. The number of carbonyl (C=O) groups excluding carboxylic acids is 1. The Hall–Kier alpha value is -3.21. The molecule has 5 heteroatoms. The highest BCUT2D eigenvalue weighted by Crippen LogP contribution is 2.20. The highest BCUT2D eigenvalue weighted by atomic mass is 16.2. The van der Waals surface area contributed by atoms with Gasteiger partial charge in [-0.15, -0.1) is 10.2 Å². The number of rotatable bonds is 5. The van der Waals surface area contributed by atoms with E-state index < -0.39 is 0 Å². The number of amides is 1. The molecule has 1 amide bonds. The molecule has 0 spiro atoms. The van der Waals surface area contributed by atoms with Crippen LogP contribution in [0.1, 0.15) is 23.6 Å². The van der Waals surface area contributed by atoms with Crippen LogP contribution in [0.25, 0.3) is 11.3 Å². The number of piperazine rings is 1. The smallest absolute Gasteiger partial charge is 0.227 e. The second-order valence-corrected chi connectivity index (χ2v) is 7.86. The van der Waals surface area contributed by atoms with Crippen molar-refractivity contribution >= 4 is 11.7 Å². The molecule has 5 nitrogen and oxygen atoms in total. The summed E-state index contributed by atoms with van der Waals surface area (Å²) in [5.74, 6) is 1.06. The van der Waals surface area contributed by atoms with Gasteiger partial charge in [0.1, 0.15) is 0 Å². The Labute approximate surface area is 178 Å². The molecule has 0 unspecified atom stereocenters. The molecule has 1 aromatic heterocycles. The van der Waals surface area contributed by atoms with Crippen molar-refractivity contribution in [2.75, 3.05) is 31.1 Å². The Morgan fingerprint density at radius 3 is 2.30 bits per heavy atom. The third-order valence-corrected chi connectivity index (χ3v) is 5.70. The van der Waals surface area contributed by atoms with Gasteiger partial charge in [-0.25, -0.2) is 0 Å². The van der Waals surface area contributed by atoms with Gasteiger partial charge in [0, 0.05) is 31.7 Å². The minimum atomic E-state index is 0.192. The SMILES string of the molecule is CCc1ccc(-c2ccc(N3CCN(C(=O)Cc4cccc(C)c4)CC3)nn2)cc1. The van der Waals surface area contributed by atoms with Gasteiger partial charge >= 0.3 is 0 Å². The lowest BCUT2D eigenvalue weighted by Crippen LogP contribution is -2.49. The van der Waals surface area contributed by atoms with E-state index in [1.807, 2.05) is 29.2 Å². The van der Waals surface area contributed by atoms with Crippen LogP contribution in [-0.2, 0) is 17.6 Å². The molecule has 0 aliphatic carbocycles. The van der Waals surface area contributed by atoms with Gasteiger partial charge in [0.15, 0.2) is 5.82 Å². The van der Waals surface area contributed by atoms with Gasteiger partial charge in [0.25, 0.3) is 0 Å². The highest BCUT2D eigenvalue weighted by Gasteiger charge is 2.22. The van der Waals surface area contributed by atoms with Crippen LogP contribution in [0.4, 0.5) is 5.82 Å². The lowest BCUT2D eigenvalue weighted by atomic mass is 10.1. The number of carbonyl (C=O) groups is 1. The Morgan fingerprint density at radius 1 is 0.900 bits per heavy atom. The van der Waals surface area contributed by atoms with Gasteiger partial charge < -0.3 is 9.80 Å². The van der Waals surface area contributed by atoms with Crippen molar-refractivity contribution in [1.29, 1.82) is 0 Å². The molecule has 0 saturated carbocycles. The molecule has 0 atom stereocenters. The first-order valence-corrected chi connectivity index (χ1v) is 10.6. The van der Waals surface area contributed by atoms with E-state index in [4.69, 9.17) is 0 Å². The molecular formula is C25H28N4O. The molecule has 1 aliphatic rings. The number of anilines is 1. The summed E-state index contributed by atoms with van der Waals surface area (Å²) >= 11 is 0. The molecule has 0 radical (unpaired) electrons. The van der Waals surface area contributed by atoms with Crippen molar-refractivity contribution in [3.63, 3.8) is 0 Å². The van der Waals surface area contributed by atoms with Crippen molar-refractivity contribution in [3.8, 4) is 11.3 Å². The topological polar surface area (TPSA) is 49.3 Å². The number of aryl methyl sites for hydroxylation is 2. The van der Waals surface area contributed by atoms with Crippen molar-refractivity contribution in [1.82, 2.24) is 15.1 Å². The number of nitrogens with zero attached hydrogens (tertiary/aromatic N) is 4. The van der Waals surface area contributed by atoms with Crippen LogP contribution in [0.3, 0.4) is 0 Å². The number of benzene rings is 2. The maximum atomic E-state index is 12.6. The molecule has 2 aromatic carbocycles. The standard InChI is InChI=1S/C25H28N4O/c1-3-20-7-9-22(10-8-20)23-11-12-24(27-26-23)28-13-15-29(16-14-28)25(30)18-21-6-4-5-19(2)17-21/h4-12,17H,3,13-16,18H2,1-2H3. The van der Waals surface area contributed by atoms with E-state index in [9.17, 15) is 4.79 Å². The summed E-state index contributed by atoms with van der Waals surface area (Å²) in [5, 5.41) is 8.87. The fraction of sp³-hybridized carbons (Fsp3) is 0.320. The molecule has 3 aromatic rings. The summed E-state index contributed by atoms with van der Waals surface area (Å²) in [6.45, 7) is 7.19. The molecule has 1 saturated heterocycles. The highest BCUT2D eigenvalue weighted by molar-refractivity contribution is 5.79. The largest absolute Gasteiger partial charge is 0.352 e. The Balaban J connectivity index is 1.34. The van der Waals surface area contributed by atoms with Crippen molar-refractivity contribution in [2.24, 2.45) is 0 Å². The second-order valence-electron chi connectivity index (χ2n) is 7.86. The van der Waals surface area contributed by atoms with E-state index in [0.29, 0.717) is 19.5 Å². The molecule has 1 fully saturated rings. The van der Waals surface area contributed by atoms with Crippen LogP contribution in [0.2, 0.25) is 0 Å². The summed E-state index contributed by atoms with van der Waals surface area (Å²) < 4.78 is 0. The quantitative estimate of drug-likeness (QED) is 0.652. The minimum Gasteiger partial charge on any atom is -0.352 e. The lowest BCUT2D eigenvalue weighted by Gasteiger charge is -2.35. The zero-order valence-electron chi connectivity index (χ0n) is 17.7. The van der Waals surface area contributed by atoms with Crippen molar-refractivity contribution in [3.05, 3.63) is 77.4 Å². The average Bonchev–Trinajstić information content (AvgIpc) is 2.79. The van der Waals surface area contributed by atoms with E-state index in [2.05, 4.69) is 65.3 Å². The molecule has 30 heavy (non-hydrogen) atoms. The lowest BCUT2D eigenvalue weighted by molar-refractivity contribution is -0.130. The van der Waals surface area contributed by atoms with Crippen LogP contribution in [-0.4, -0.2) is 47.2 Å². The third-order valence-electron chi connectivity index (χ3n) is 5.70. The van der Waals surface area contributed by atoms with Crippen LogP contribution >= 0.6 is 0 Å². The predicted octanol–water partition coefficient (Wildman–Crippen LogP) is 3.91. The first kappa shape index (κ1) is 20.1. The van der Waals surface area contributed by atoms with Gasteiger partial charge in [-0.1, -0.05) is 61.0 Å². The van der Waals surface area contributed by atoms with E-state index in [1.165, 1.54) is 11.1 Å². The summed E-state index contributed by atoms with van der Waals surface area (Å²) in [5.41, 5.74) is 5.55. The molecular weight excluding hydrogens is 372 g/mol. The van der Waals surface area contributed by atoms with Crippen molar-refractivity contribution in [2.45, 2.75) is 26.7 Å². The monoisotopic (exact) mass is 400 g/mol. The Morgan fingerprint density at radius 2 is 1.67 bits per heavy atom. The van der Waals surface area contributed by atoms with E-state index in [-0.39, 0.29) is 5.91 Å². The van der Waals surface area contributed by atoms with E-state index >= 15 is 0 Å². The zero-order valence-corrected chi connectivity index (χ0v) is 17.7. The molecule has 4 rings (SSSR count). The minimum absolute atomic E-state index is 0.192. The average molecular weight is 401 g/mol. The van der Waals surface area contributed by atoms with Crippen LogP contribution in [0.15, 0.2) is 60.7 Å². The van der Waals surface area contributed by atoms with Gasteiger partial charge in [-0.2, -0.15) is 0 Å². The van der Waals surface area contributed by atoms with E-state index in [0.717, 1.165) is 42.1 Å². The number of hydrogen-bond donors (Lipinski definition) is 0. The van der Waals surface area contributed by atoms with Crippen molar-refractivity contribution < 1.29 is 4.79 Å². The predicted molar refractivity (Wildman–Crippen MR) is 121 cm³/mol. The number of aromatic nitrogens is 2. The molecule has 1 aliphatic heterocycles. The second kappa shape index (κ2) is 9.08. The number of hydrogen-bond acceptors (Lipinski definition) is 4. The van der Waals surface area contributed by atoms with E-state index in [1.54, 1.807) is 0 Å². The Bertz CT molecular complexity index is 990. The molecule has 154 valence electrons. The van der Waals surface area contributed by atoms with Crippen LogP contribution < -0.4 is 4.90 Å². The zero-order chi connectivity index (χ0) is 20.9. The molecule has 0 N–H and O–H groups in total.